The quantitative estimate of drug-likeness (QED) is 0.686. The largest absolute Gasteiger partial charge is 0.391 e. The van der Waals surface area contributed by atoms with Crippen molar-refractivity contribution < 1.29 is 9.90 Å². The van der Waals surface area contributed by atoms with Crippen LogP contribution < -0.4 is 4.90 Å². The molecule has 1 aliphatic carbocycles. The minimum Gasteiger partial charge on any atom is -0.391 e. The van der Waals surface area contributed by atoms with Gasteiger partial charge in [0.25, 0.3) is 0 Å². The summed E-state index contributed by atoms with van der Waals surface area (Å²) in [4.78, 5) is 19.3. The Bertz CT molecular complexity index is 756. The van der Waals surface area contributed by atoms with Gasteiger partial charge in [0.2, 0.25) is 5.91 Å². The van der Waals surface area contributed by atoms with Crippen LogP contribution in [0, 0.1) is 5.41 Å². The number of rotatable bonds is 6. The van der Waals surface area contributed by atoms with Gasteiger partial charge in [-0.15, -0.1) is 0 Å². The molecule has 7 heteroatoms. The van der Waals surface area contributed by atoms with Crippen molar-refractivity contribution in [1.29, 1.82) is 0 Å². The topological polar surface area (TPSA) is 47.0 Å². The molecule has 1 amide bonds. The number of nitrogens with zero attached hydrogens (tertiary/aromatic N) is 3. The molecule has 2 atom stereocenters. The second-order valence-corrected chi connectivity index (χ2v) is 9.74. The highest BCUT2D eigenvalue weighted by Crippen LogP contribution is 2.53. The number of halogens is 2. The summed E-state index contributed by atoms with van der Waals surface area (Å²) in [5.41, 5.74) is 1.21. The van der Waals surface area contributed by atoms with Gasteiger partial charge in [-0.05, 0) is 75.7 Å². The number of carbonyl (C=O) groups excluding carboxylic acids is 1. The number of aliphatic hydroxyl groups is 1. The van der Waals surface area contributed by atoms with Crippen molar-refractivity contribution in [3.05, 3.63) is 28.2 Å². The highest BCUT2D eigenvalue weighted by atomic mass is 35.5. The normalized spacial score (nSPS) is 27.0. The molecule has 160 valence electrons. The first-order valence-corrected chi connectivity index (χ1v) is 11.6. The zero-order chi connectivity index (χ0) is 20.6. The number of carbonyl (C=O) groups is 1. The van der Waals surface area contributed by atoms with E-state index < -0.39 is 0 Å². The zero-order valence-corrected chi connectivity index (χ0v) is 18.6. The Balaban J connectivity index is 1.21. The van der Waals surface area contributed by atoms with Crippen LogP contribution in [0.15, 0.2) is 18.2 Å². The highest BCUT2D eigenvalue weighted by Gasteiger charge is 2.50. The van der Waals surface area contributed by atoms with E-state index in [-0.39, 0.29) is 23.5 Å². The number of hydrogen-bond donors (Lipinski definition) is 1. The van der Waals surface area contributed by atoms with Crippen molar-refractivity contribution in [1.82, 2.24) is 9.80 Å². The van der Waals surface area contributed by atoms with Crippen molar-refractivity contribution >= 4 is 34.8 Å². The van der Waals surface area contributed by atoms with E-state index in [1.54, 1.807) is 6.07 Å². The van der Waals surface area contributed by atoms with E-state index in [0.29, 0.717) is 10.0 Å². The number of piperidine rings is 1. The van der Waals surface area contributed by atoms with Gasteiger partial charge in [0.05, 0.1) is 16.1 Å². The number of β-amino-alcohol motifs (C(OH)–C–C–N with tert-alkyl or cyclic N) is 1. The summed E-state index contributed by atoms with van der Waals surface area (Å²) < 4.78 is 0. The lowest BCUT2D eigenvalue weighted by molar-refractivity contribution is -0.133. The molecule has 1 N–H and O–H groups in total. The summed E-state index contributed by atoms with van der Waals surface area (Å²) in [6.45, 7) is 7.23. The van der Waals surface area contributed by atoms with E-state index in [2.05, 4.69) is 9.80 Å². The summed E-state index contributed by atoms with van der Waals surface area (Å²) in [5.74, 6) is 0.173. The lowest BCUT2D eigenvalue weighted by Gasteiger charge is -2.40. The fourth-order valence-electron chi connectivity index (χ4n) is 4.83. The number of benzene rings is 1. The van der Waals surface area contributed by atoms with Crippen LogP contribution >= 0.6 is 23.2 Å². The molecule has 1 aromatic carbocycles. The van der Waals surface area contributed by atoms with Crippen molar-refractivity contribution in [2.45, 2.75) is 51.2 Å². The Kier molecular flexibility index (Phi) is 6.31. The van der Waals surface area contributed by atoms with Crippen LogP contribution in [-0.2, 0) is 4.79 Å². The number of aliphatic hydroxyl groups excluding tert-OH is 1. The highest BCUT2D eigenvalue weighted by molar-refractivity contribution is 6.42. The van der Waals surface area contributed by atoms with Gasteiger partial charge in [-0.25, -0.2) is 0 Å². The molecule has 5 nitrogen and oxygen atoms in total. The number of anilines is 1. The third-order valence-electron chi connectivity index (χ3n) is 7.09. The van der Waals surface area contributed by atoms with E-state index in [1.807, 2.05) is 24.0 Å². The molecule has 0 aromatic heterocycles. The van der Waals surface area contributed by atoms with Crippen LogP contribution in [0.2, 0.25) is 10.0 Å². The van der Waals surface area contributed by atoms with Crippen LogP contribution in [-0.4, -0.2) is 72.2 Å². The maximum absolute atomic E-state index is 12.9. The fourth-order valence-corrected chi connectivity index (χ4v) is 5.12. The molecule has 2 saturated heterocycles. The lowest BCUT2D eigenvalue weighted by atomic mass is 9.90. The second kappa shape index (κ2) is 8.62. The summed E-state index contributed by atoms with van der Waals surface area (Å²) in [6, 6.07) is 5.34. The van der Waals surface area contributed by atoms with Crippen molar-refractivity contribution in [2.75, 3.05) is 44.2 Å². The number of likely N-dealkylation sites (tertiary alicyclic amines) is 1. The van der Waals surface area contributed by atoms with Crippen LogP contribution in [0.1, 0.15) is 39.0 Å². The Morgan fingerprint density at radius 2 is 1.83 bits per heavy atom. The summed E-state index contributed by atoms with van der Waals surface area (Å²) >= 11 is 12.2. The van der Waals surface area contributed by atoms with Crippen molar-refractivity contribution in [2.24, 2.45) is 5.41 Å². The first kappa shape index (κ1) is 21.2. The molecule has 2 heterocycles. The molecule has 1 saturated carbocycles. The van der Waals surface area contributed by atoms with E-state index in [0.717, 1.165) is 64.2 Å². The van der Waals surface area contributed by atoms with E-state index in [9.17, 15) is 9.90 Å². The van der Waals surface area contributed by atoms with Crippen molar-refractivity contribution in [3.8, 4) is 0 Å². The molecule has 4 rings (SSSR count). The van der Waals surface area contributed by atoms with Gasteiger partial charge in [-0.3, -0.25) is 4.79 Å². The maximum Gasteiger partial charge on any atom is 0.245 e. The third-order valence-corrected chi connectivity index (χ3v) is 7.83. The van der Waals surface area contributed by atoms with Crippen LogP contribution in [0.5, 0.6) is 0 Å². The molecular weight excluding hydrogens is 409 g/mol. The zero-order valence-electron chi connectivity index (χ0n) is 17.1. The van der Waals surface area contributed by atoms with Gasteiger partial charge >= 0.3 is 0 Å². The first-order valence-electron chi connectivity index (χ1n) is 10.8. The third kappa shape index (κ3) is 4.53. The molecule has 1 spiro atoms. The predicted octanol–water partition coefficient (Wildman–Crippen LogP) is 3.66. The number of hydrogen-bond acceptors (Lipinski definition) is 4. The second-order valence-electron chi connectivity index (χ2n) is 8.93. The summed E-state index contributed by atoms with van der Waals surface area (Å²) in [5, 5.41) is 11.4. The Morgan fingerprint density at radius 1 is 1.07 bits per heavy atom. The molecule has 2 aliphatic heterocycles. The number of piperazine rings is 1. The molecular formula is C22H31Cl2N3O2. The van der Waals surface area contributed by atoms with E-state index in [4.69, 9.17) is 23.2 Å². The van der Waals surface area contributed by atoms with Gasteiger partial charge in [-0.1, -0.05) is 23.2 Å². The lowest BCUT2D eigenvalue weighted by Crippen LogP contribution is -2.56. The molecule has 29 heavy (non-hydrogen) atoms. The van der Waals surface area contributed by atoms with E-state index >= 15 is 0 Å². The maximum atomic E-state index is 12.9. The fraction of sp³-hybridized carbons (Fsp3) is 0.682. The van der Waals surface area contributed by atoms with Crippen LogP contribution in [0.4, 0.5) is 5.69 Å². The van der Waals surface area contributed by atoms with E-state index in [1.165, 1.54) is 12.8 Å². The van der Waals surface area contributed by atoms with Gasteiger partial charge in [-0.2, -0.15) is 0 Å². The smallest absolute Gasteiger partial charge is 0.245 e. The molecule has 0 bridgehead atoms. The van der Waals surface area contributed by atoms with Crippen LogP contribution in [0.3, 0.4) is 0 Å². The predicted molar refractivity (Wildman–Crippen MR) is 118 cm³/mol. The number of unbranched alkanes of at least 4 members (excludes halogenated alkanes) is 1. The molecule has 3 fully saturated rings. The SMILES string of the molecule is CC1C(=O)N(CCCCN2CCC3(CC3)C(O)C2)CCN1c1ccc(Cl)c(Cl)c1. The minimum absolute atomic E-state index is 0.145. The molecule has 2 unspecified atom stereocenters. The molecule has 1 aromatic rings. The van der Waals surface area contributed by atoms with Gasteiger partial charge in [0.15, 0.2) is 0 Å². The van der Waals surface area contributed by atoms with Crippen LogP contribution in [0.25, 0.3) is 0 Å². The molecule has 0 radical (unpaired) electrons. The molecule has 3 aliphatic rings. The Hall–Kier alpha value is -1.01. The number of amides is 1. The van der Waals surface area contributed by atoms with Gasteiger partial charge < -0.3 is 19.8 Å². The van der Waals surface area contributed by atoms with Gasteiger partial charge in [0, 0.05) is 31.9 Å². The Labute approximate surface area is 183 Å². The first-order chi connectivity index (χ1) is 13.9. The minimum atomic E-state index is -0.201. The average molecular weight is 440 g/mol. The standard InChI is InChI=1S/C22H31Cl2N3O2/c1-16-21(29)26(12-13-27(16)17-4-5-18(23)19(24)14-17)10-3-2-9-25-11-8-22(6-7-22)20(28)15-25/h4-5,14,16,20,28H,2-3,6-13,15H2,1H3. The van der Waals surface area contributed by atoms with Gasteiger partial charge in [0.1, 0.15) is 6.04 Å². The van der Waals surface area contributed by atoms with Crippen molar-refractivity contribution in [3.63, 3.8) is 0 Å². The Morgan fingerprint density at radius 3 is 2.52 bits per heavy atom. The summed E-state index contributed by atoms with van der Waals surface area (Å²) in [7, 11) is 0. The monoisotopic (exact) mass is 439 g/mol. The summed E-state index contributed by atoms with van der Waals surface area (Å²) in [6.07, 6.45) is 5.47. The average Bonchev–Trinajstić information content (AvgIpc) is 3.48.